The zero-order valence-electron chi connectivity index (χ0n) is 31.2. The van der Waals surface area contributed by atoms with Crippen LogP contribution in [0.2, 0.25) is 0 Å². The first-order valence-electron chi connectivity index (χ1n) is 18.5. The van der Waals surface area contributed by atoms with Crippen molar-refractivity contribution in [1.29, 1.82) is 0 Å². The van der Waals surface area contributed by atoms with Gasteiger partial charge in [0.25, 0.3) is 0 Å². The van der Waals surface area contributed by atoms with Gasteiger partial charge in [0.2, 0.25) is 0 Å². The number of hydrogen-bond acceptors (Lipinski definition) is 2. The summed E-state index contributed by atoms with van der Waals surface area (Å²) in [5.41, 5.74) is 13.6. The van der Waals surface area contributed by atoms with E-state index in [-0.39, 0.29) is 10.8 Å². The number of rotatable bonds is 2. The molecule has 0 fully saturated rings. The summed E-state index contributed by atoms with van der Waals surface area (Å²) >= 11 is 0. The van der Waals surface area contributed by atoms with Gasteiger partial charge in [-0.05, 0) is 117 Å². The van der Waals surface area contributed by atoms with Crippen LogP contribution in [-0.4, -0.2) is 0 Å². The topological polar surface area (TPSA) is 26.3 Å². The van der Waals surface area contributed by atoms with Crippen LogP contribution in [0.5, 0.6) is 0 Å². The maximum Gasteiger partial charge on any atom is 0.143 e. The van der Waals surface area contributed by atoms with Gasteiger partial charge in [-0.1, -0.05) is 113 Å². The first-order valence-corrected chi connectivity index (χ1v) is 18.5. The molecule has 0 aliphatic carbocycles. The second-order valence-corrected chi connectivity index (χ2v) is 17.2. The second-order valence-electron chi connectivity index (χ2n) is 17.2. The van der Waals surface area contributed by atoms with Gasteiger partial charge in [-0.3, -0.25) is 0 Å². The van der Waals surface area contributed by atoms with Gasteiger partial charge in [0, 0.05) is 43.1 Å². The summed E-state index contributed by atoms with van der Waals surface area (Å²) in [5.74, 6) is 0. The molecule has 0 unspecified atom stereocenters. The van der Waals surface area contributed by atoms with Crippen molar-refractivity contribution in [1.82, 2.24) is 0 Å². The molecule has 0 aliphatic heterocycles. The summed E-state index contributed by atoms with van der Waals surface area (Å²) in [4.78, 5) is 0. The third kappa shape index (κ3) is 4.50. The molecule has 2 heterocycles. The Bertz CT molecular complexity index is 2880. The van der Waals surface area contributed by atoms with Crippen LogP contribution in [0.15, 0.2) is 118 Å². The van der Waals surface area contributed by atoms with E-state index in [9.17, 15) is 0 Å². The van der Waals surface area contributed by atoms with E-state index in [1.54, 1.807) is 0 Å². The molecule has 52 heavy (non-hydrogen) atoms. The Kier molecular flexibility index (Phi) is 6.28. The van der Waals surface area contributed by atoms with Crippen molar-refractivity contribution in [3.05, 3.63) is 131 Å². The lowest BCUT2D eigenvalue weighted by Crippen LogP contribution is -2.10. The highest BCUT2D eigenvalue weighted by atomic mass is 16.3. The summed E-state index contributed by atoms with van der Waals surface area (Å²) in [7, 11) is 0. The van der Waals surface area contributed by atoms with Crippen molar-refractivity contribution in [3.63, 3.8) is 0 Å². The van der Waals surface area contributed by atoms with Crippen LogP contribution < -0.4 is 0 Å². The fourth-order valence-corrected chi connectivity index (χ4v) is 8.59. The smallest absolute Gasteiger partial charge is 0.143 e. The molecule has 0 aliphatic rings. The van der Waals surface area contributed by atoms with Crippen LogP contribution >= 0.6 is 0 Å². The number of benzene rings is 8. The van der Waals surface area contributed by atoms with Crippen LogP contribution in [0, 0.1) is 13.8 Å². The maximum absolute atomic E-state index is 6.91. The molecule has 10 aromatic rings. The predicted octanol–water partition coefficient (Wildman–Crippen LogP) is 14.9. The molecule has 0 spiro atoms. The quantitative estimate of drug-likeness (QED) is 0.171. The lowest BCUT2D eigenvalue weighted by molar-refractivity contribution is 0.590. The van der Waals surface area contributed by atoms with Gasteiger partial charge >= 0.3 is 0 Å². The average Bonchev–Trinajstić information content (AvgIpc) is 3.66. The number of aryl methyl sites for hydroxylation is 2. The van der Waals surface area contributed by atoms with Gasteiger partial charge in [-0.15, -0.1) is 0 Å². The molecule has 8 aromatic carbocycles. The molecule has 2 heteroatoms. The van der Waals surface area contributed by atoms with E-state index in [0.717, 1.165) is 54.6 Å². The fourth-order valence-electron chi connectivity index (χ4n) is 8.59. The number of furan rings is 2. The first-order chi connectivity index (χ1) is 24.8. The van der Waals surface area contributed by atoms with Crippen LogP contribution in [-0.2, 0) is 10.8 Å². The second kappa shape index (κ2) is 10.5. The highest BCUT2D eigenvalue weighted by Crippen LogP contribution is 2.51. The molecule has 0 N–H and O–H groups in total. The van der Waals surface area contributed by atoms with Crippen molar-refractivity contribution in [2.45, 2.75) is 66.2 Å². The van der Waals surface area contributed by atoms with Crippen molar-refractivity contribution in [3.8, 4) is 22.3 Å². The molecule has 0 amide bonds. The van der Waals surface area contributed by atoms with Gasteiger partial charge in [-0.25, -0.2) is 0 Å². The van der Waals surface area contributed by atoms with Crippen molar-refractivity contribution < 1.29 is 8.83 Å². The fraction of sp³-hybridized carbons (Fsp3) is 0.200. The lowest BCUT2D eigenvalue weighted by Gasteiger charge is -2.19. The average molecular weight is 675 g/mol. The van der Waals surface area contributed by atoms with Crippen LogP contribution in [0.1, 0.15) is 63.8 Å². The Labute approximate surface area is 304 Å². The maximum atomic E-state index is 6.91. The Morgan fingerprint density at radius 2 is 0.808 bits per heavy atom. The summed E-state index contributed by atoms with van der Waals surface area (Å²) in [6, 6.07) is 40.9. The number of hydrogen-bond donors (Lipinski definition) is 0. The molecule has 0 saturated heterocycles. The Morgan fingerprint density at radius 3 is 1.19 bits per heavy atom. The monoisotopic (exact) mass is 674 g/mol. The molecule has 0 saturated carbocycles. The molecular weight excluding hydrogens is 633 g/mol. The van der Waals surface area contributed by atoms with Crippen LogP contribution in [0.4, 0.5) is 0 Å². The van der Waals surface area contributed by atoms with Crippen molar-refractivity contribution >= 4 is 76.2 Å². The zero-order valence-corrected chi connectivity index (χ0v) is 31.2. The third-order valence-electron chi connectivity index (χ3n) is 11.4. The standard InChI is InChI=1S/C50H42O2/c1-27-11-9-13-29(19-27)33-23-41-46-38(26-40-36-22-32(50(6,7)8)16-18-44(36)51-47(40)41)34(30-14-10-12-28(2)20-30)24-42-45(46)37(33)25-39-35-21-31(49(3,4)5)15-17-43(35)52-48(39)42/h9-26H,1-8H3. The van der Waals surface area contributed by atoms with Gasteiger partial charge in [0.1, 0.15) is 22.3 Å². The summed E-state index contributed by atoms with van der Waals surface area (Å²) < 4.78 is 13.8. The Morgan fingerprint density at radius 1 is 0.385 bits per heavy atom. The minimum Gasteiger partial charge on any atom is -0.455 e. The summed E-state index contributed by atoms with van der Waals surface area (Å²) in [5, 5.41) is 11.8. The molecule has 0 bridgehead atoms. The van der Waals surface area contributed by atoms with Crippen molar-refractivity contribution in [2.75, 3.05) is 0 Å². The number of fused-ring (bicyclic) bond motifs is 8. The van der Waals surface area contributed by atoms with Gasteiger partial charge in [0.15, 0.2) is 0 Å². The molecule has 10 rings (SSSR count). The molecule has 2 nitrogen and oxygen atoms in total. The zero-order chi connectivity index (χ0) is 35.8. The molecule has 0 atom stereocenters. The largest absolute Gasteiger partial charge is 0.455 e. The normalized spacial score (nSPS) is 13.0. The first kappa shape index (κ1) is 31.2. The lowest BCUT2D eigenvalue weighted by atomic mass is 9.83. The van der Waals surface area contributed by atoms with E-state index in [2.05, 4.69) is 165 Å². The summed E-state index contributed by atoms with van der Waals surface area (Å²) in [6.07, 6.45) is 0. The molecule has 2 aromatic heterocycles. The highest BCUT2D eigenvalue weighted by molar-refractivity contribution is 6.38. The van der Waals surface area contributed by atoms with Crippen LogP contribution in [0.3, 0.4) is 0 Å². The van der Waals surface area contributed by atoms with Gasteiger partial charge < -0.3 is 8.83 Å². The predicted molar refractivity (Wildman–Crippen MR) is 222 cm³/mol. The van der Waals surface area contributed by atoms with Gasteiger partial charge in [0.05, 0.1) is 0 Å². The van der Waals surface area contributed by atoms with E-state index < -0.39 is 0 Å². The minimum absolute atomic E-state index is 0.0184. The SMILES string of the molecule is Cc1cccc(-c2cc3c4oc5ccc(C(C)(C)C)cc5c4cc4c(-c5cccc(C)c5)cc5c6oc7ccc(C(C)(C)C)cc7c6cc2c5c43)c1. The van der Waals surface area contributed by atoms with E-state index in [1.165, 1.54) is 66.1 Å². The van der Waals surface area contributed by atoms with E-state index in [0.29, 0.717) is 0 Å². The third-order valence-corrected chi connectivity index (χ3v) is 11.4. The molecular formula is C50H42O2. The molecule has 254 valence electrons. The summed E-state index contributed by atoms with van der Waals surface area (Å²) in [6.45, 7) is 18.0. The minimum atomic E-state index is 0.0184. The van der Waals surface area contributed by atoms with Crippen molar-refractivity contribution in [2.24, 2.45) is 0 Å². The van der Waals surface area contributed by atoms with E-state index in [4.69, 9.17) is 8.83 Å². The molecule has 0 radical (unpaired) electrons. The van der Waals surface area contributed by atoms with E-state index >= 15 is 0 Å². The Balaban J connectivity index is 1.47. The van der Waals surface area contributed by atoms with E-state index in [1.807, 2.05) is 0 Å². The highest BCUT2D eigenvalue weighted by Gasteiger charge is 2.26. The van der Waals surface area contributed by atoms with Crippen LogP contribution in [0.25, 0.3) is 98.4 Å². The Hall–Kier alpha value is -5.60. The van der Waals surface area contributed by atoms with Gasteiger partial charge in [-0.2, -0.15) is 0 Å².